The quantitative estimate of drug-likeness (QED) is 0.735. The van der Waals surface area contributed by atoms with Gasteiger partial charge in [0, 0.05) is 18.3 Å². The van der Waals surface area contributed by atoms with Crippen LogP contribution in [0.4, 0.5) is 0 Å². The summed E-state index contributed by atoms with van der Waals surface area (Å²) in [7, 11) is -3.03. The Kier molecular flexibility index (Phi) is 5.62. The van der Waals surface area contributed by atoms with Gasteiger partial charge in [0.15, 0.2) is 9.84 Å². The van der Waals surface area contributed by atoms with Crippen molar-refractivity contribution in [1.29, 1.82) is 0 Å². The van der Waals surface area contributed by atoms with Gasteiger partial charge in [0.1, 0.15) is 0 Å². The Labute approximate surface area is 112 Å². The maximum Gasteiger partial charge on any atom is 0.152 e. The highest BCUT2D eigenvalue weighted by Gasteiger charge is 2.46. The summed E-state index contributed by atoms with van der Waals surface area (Å²) in [6.45, 7) is 5.63. The van der Waals surface area contributed by atoms with E-state index in [0.29, 0.717) is 12.5 Å². The molecule has 0 saturated heterocycles. The molecule has 5 heteroatoms. The molecule has 1 fully saturated rings. The Morgan fingerprint density at radius 2 is 2.00 bits per heavy atom. The minimum atomic E-state index is -3.03. The van der Waals surface area contributed by atoms with Crippen LogP contribution < -0.4 is 11.1 Å². The van der Waals surface area contributed by atoms with E-state index < -0.39 is 15.4 Å². The van der Waals surface area contributed by atoms with E-state index in [9.17, 15) is 8.42 Å². The van der Waals surface area contributed by atoms with Gasteiger partial charge in [0.25, 0.3) is 0 Å². The molecular formula is C13H28N2O2S. The predicted octanol–water partition coefficient (Wildman–Crippen LogP) is 1.31. The molecule has 3 N–H and O–H groups in total. The molecule has 0 aromatic heterocycles. The van der Waals surface area contributed by atoms with Gasteiger partial charge in [0.05, 0.1) is 5.25 Å². The minimum absolute atomic E-state index is 0.315. The van der Waals surface area contributed by atoms with Crippen molar-refractivity contribution in [1.82, 2.24) is 5.32 Å². The zero-order valence-corrected chi connectivity index (χ0v) is 12.7. The predicted molar refractivity (Wildman–Crippen MR) is 76.3 cm³/mol. The average Bonchev–Trinajstić information content (AvgIpc) is 2.75. The Balaban J connectivity index is 2.78. The monoisotopic (exact) mass is 276 g/mol. The van der Waals surface area contributed by atoms with Gasteiger partial charge >= 0.3 is 0 Å². The molecule has 0 aromatic carbocycles. The first-order chi connectivity index (χ1) is 8.39. The number of hydrogen-bond acceptors (Lipinski definition) is 4. The molecular weight excluding hydrogens is 248 g/mol. The molecule has 0 heterocycles. The summed E-state index contributed by atoms with van der Waals surface area (Å²) in [6.07, 6.45) is 6.14. The summed E-state index contributed by atoms with van der Waals surface area (Å²) in [5.74, 6) is 0.606. The van der Waals surface area contributed by atoms with E-state index in [1.165, 1.54) is 6.26 Å². The molecule has 4 nitrogen and oxygen atoms in total. The lowest BCUT2D eigenvalue weighted by Gasteiger charge is -2.36. The summed E-state index contributed by atoms with van der Waals surface area (Å²) in [5, 5.41) is 3.18. The Hall–Kier alpha value is -0.130. The van der Waals surface area contributed by atoms with E-state index in [2.05, 4.69) is 19.2 Å². The standard InChI is InChI=1S/C13H28N2O2S/c1-4-11(5-2)9-15-13(10-14)8-6-7-12(13)18(3,16)17/h11-12,15H,4-10,14H2,1-3H3. The second kappa shape index (κ2) is 6.35. The first-order valence-corrected chi connectivity index (χ1v) is 8.99. The fourth-order valence-corrected chi connectivity index (χ4v) is 4.81. The molecule has 0 aliphatic heterocycles. The second-order valence-electron chi connectivity index (χ2n) is 5.63. The van der Waals surface area contributed by atoms with E-state index in [1.807, 2.05) is 0 Å². The maximum absolute atomic E-state index is 11.9. The first kappa shape index (κ1) is 15.9. The van der Waals surface area contributed by atoms with Gasteiger partial charge in [-0.1, -0.05) is 33.1 Å². The third-order valence-electron chi connectivity index (χ3n) is 4.48. The molecule has 1 rings (SSSR count). The minimum Gasteiger partial charge on any atom is -0.329 e. The van der Waals surface area contributed by atoms with E-state index in [1.54, 1.807) is 0 Å². The lowest BCUT2D eigenvalue weighted by atomic mass is 9.95. The van der Waals surface area contributed by atoms with Crippen molar-refractivity contribution in [3.63, 3.8) is 0 Å². The van der Waals surface area contributed by atoms with E-state index >= 15 is 0 Å². The van der Waals surface area contributed by atoms with Gasteiger partial charge in [-0.05, 0) is 25.3 Å². The van der Waals surface area contributed by atoms with Gasteiger partial charge in [-0.3, -0.25) is 0 Å². The van der Waals surface area contributed by atoms with Crippen LogP contribution >= 0.6 is 0 Å². The largest absolute Gasteiger partial charge is 0.329 e. The maximum atomic E-state index is 11.9. The zero-order chi connectivity index (χ0) is 13.8. The van der Waals surface area contributed by atoms with Gasteiger partial charge < -0.3 is 11.1 Å². The SMILES string of the molecule is CCC(CC)CNC1(CN)CCCC1S(C)(=O)=O. The summed E-state index contributed by atoms with van der Waals surface area (Å²) in [4.78, 5) is 0. The summed E-state index contributed by atoms with van der Waals surface area (Å²) < 4.78 is 23.8. The van der Waals surface area contributed by atoms with Gasteiger partial charge in [0.2, 0.25) is 0 Å². The fraction of sp³-hybridized carbons (Fsp3) is 1.00. The van der Waals surface area contributed by atoms with Crippen molar-refractivity contribution in [3.05, 3.63) is 0 Å². The molecule has 2 unspecified atom stereocenters. The highest BCUT2D eigenvalue weighted by Crippen LogP contribution is 2.34. The average molecular weight is 276 g/mol. The first-order valence-electron chi connectivity index (χ1n) is 7.03. The topological polar surface area (TPSA) is 72.2 Å². The molecule has 0 spiro atoms. The van der Waals surface area contributed by atoms with Crippen molar-refractivity contribution >= 4 is 9.84 Å². The third-order valence-corrected chi connectivity index (χ3v) is 6.20. The smallest absolute Gasteiger partial charge is 0.152 e. The Morgan fingerprint density at radius 1 is 1.39 bits per heavy atom. The number of rotatable bonds is 7. The molecule has 1 aliphatic carbocycles. The lowest BCUT2D eigenvalue weighted by Crippen LogP contribution is -2.59. The Morgan fingerprint density at radius 3 is 2.44 bits per heavy atom. The summed E-state index contributed by atoms with van der Waals surface area (Å²) in [5.41, 5.74) is 5.51. The molecule has 1 aliphatic rings. The van der Waals surface area contributed by atoms with Crippen molar-refractivity contribution in [2.75, 3.05) is 19.3 Å². The molecule has 2 atom stereocenters. The van der Waals surface area contributed by atoms with Crippen LogP contribution in [0.3, 0.4) is 0 Å². The van der Waals surface area contributed by atoms with Crippen molar-refractivity contribution in [2.45, 2.75) is 56.7 Å². The van der Waals surface area contributed by atoms with Crippen molar-refractivity contribution in [3.8, 4) is 0 Å². The molecule has 0 bridgehead atoms. The fourth-order valence-electron chi connectivity index (χ4n) is 3.10. The molecule has 18 heavy (non-hydrogen) atoms. The molecule has 0 aromatic rings. The van der Waals surface area contributed by atoms with Crippen molar-refractivity contribution < 1.29 is 8.42 Å². The molecule has 0 radical (unpaired) electrons. The molecule has 1 saturated carbocycles. The van der Waals surface area contributed by atoms with Crippen LogP contribution in [0.25, 0.3) is 0 Å². The second-order valence-corrected chi connectivity index (χ2v) is 7.86. The van der Waals surface area contributed by atoms with Crippen LogP contribution in [0.1, 0.15) is 46.0 Å². The highest BCUT2D eigenvalue weighted by molar-refractivity contribution is 7.91. The molecule has 0 amide bonds. The van der Waals surface area contributed by atoms with E-state index in [0.717, 1.165) is 38.6 Å². The lowest BCUT2D eigenvalue weighted by molar-refractivity contribution is 0.305. The summed E-state index contributed by atoms with van der Waals surface area (Å²) >= 11 is 0. The Bertz CT molecular complexity index is 352. The van der Waals surface area contributed by atoms with Crippen LogP contribution in [-0.2, 0) is 9.84 Å². The van der Waals surface area contributed by atoms with Crippen LogP contribution in [-0.4, -0.2) is 38.6 Å². The zero-order valence-electron chi connectivity index (χ0n) is 11.9. The van der Waals surface area contributed by atoms with Gasteiger partial charge in [-0.25, -0.2) is 8.42 Å². The van der Waals surface area contributed by atoms with Crippen LogP contribution in [0.15, 0.2) is 0 Å². The number of nitrogens with one attached hydrogen (secondary N) is 1. The van der Waals surface area contributed by atoms with Crippen LogP contribution in [0.2, 0.25) is 0 Å². The number of sulfone groups is 1. The van der Waals surface area contributed by atoms with Crippen molar-refractivity contribution in [2.24, 2.45) is 11.7 Å². The molecule has 108 valence electrons. The van der Waals surface area contributed by atoms with E-state index in [-0.39, 0.29) is 5.25 Å². The number of hydrogen-bond donors (Lipinski definition) is 2. The van der Waals surface area contributed by atoms with Gasteiger partial charge in [-0.15, -0.1) is 0 Å². The summed E-state index contributed by atoms with van der Waals surface area (Å²) in [6, 6.07) is 0. The normalized spacial score (nSPS) is 29.1. The number of nitrogens with two attached hydrogens (primary N) is 1. The van der Waals surface area contributed by atoms with Crippen LogP contribution in [0, 0.1) is 5.92 Å². The van der Waals surface area contributed by atoms with Crippen LogP contribution in [0.5, 0.6) is 0 Å². The third kappa shape index (κ3) is 3.45. The van der Waals surface area contributed by atoms with E-state index in [4.69, 9.17) is 5.73 Å². The highest BCUT2D eigenvalue weighted by atomic mass is 32.2. The van der Waals surface area contributed by atoms with Gasteiger partial charge in [-0.2, -0.15) is 0 Å².